The summed E-state index contributed by atoms with van der Waals surface area (Å²) in [7, 11) is 0. The van der Waals surface area contributed by atoms with Crippen molar-refractivity contribution in [2.45, 2.75) is 44.7 Å². The van der Waals surface area contributed by atoms with Gasteiger partial charge >= 0.3 is 0 Å². The van der Waals surface area contributed by atoms with Crippen LogP contribution in [0.3, 0.4) is 0 Å². The molecule has 0 bridgehead atoms. The molecule has 4 heterocycles. The molecule has 6 heteroatoms. The highest BCUT2D eigenvalue weighted by Gasteiger charge is 2.28. The van der Waals surface area contributed by atoms with E-state index in [0.717, 1.165) is 56.2 Å². The van der Waals surface area contributed by atoms with Crippen LogP contribution in [-0.2, 0) is 19.5 Å². The molecule has 0 N–H and O–H groups in total. The molecule has 4 rings (SSSR count). The van der Waals surface area contributed by atoms with Crippen molar-refractivity contribution in [1.29, 1.82) is 0 Å². The van der Waals surface area contributed by atoms with Crippen LogP contribution in [0.4, 0.5) is 4.39 Å². The third kappa shape index (κ3) is 2.63. The lowest BCUT2D eigenvalue weighted by Gasteiger charge is -2.32. The lowest BCUT2D eigenvalue weighted by atomic mass is 9.97. The Bertz CT molecular complexity index is 668. The maximum atomic E-state index is 13.2. The van der Waals surface area contributed by atoms with Crippen LogP contribution in [0.25, 0.3) is 0 Å². The van der Waals surface area contributed by atoms with Crippen LogP contribution in [-0.4, -0.2) is 37.7 Å². The number of hydrogen-bond donors (Lipinski definition) is 0. The molecule has 2 aromatic rings. The molecular weight excluding hydrogens is 281 g/mol. The number of halogens is 1. The number of aryl methyl sites for hydroxylation is 1. The summed E-state index contributed by atoms with van der Waals surface area (Å²) in [6, 6.07) is 5.01. The van der Waals surface area contributed by atoms with Crippen LogP contribution in [0, 0.1) is 5.95 Å². The predicted octanol–water partition coefficient (Wildman–Crippen LogP) is 2.14. The van der Waals surface area contributed by atoms with E-state index in [9.17, 15) is 4.39 Å². The smallest absolute Gasteiger partial charge is 0.213 e. The summed E-state index contributed by atoms with van der Waals surface area (Å²) >= 11 is 0. The van der Waals surface area contributed by atoms with Crippen LogP contribution in [0.2, 0.25) is 0 Å². The van der Waals surface area contributed by atoms with Crippen LogP contribution in [0.5, 0.6) is 0 Å². The SMILES string of the molecule is Fc1cccc(CN2CCC[C@@H](c3nnc4n3CCC4)C2)n1. The average Bonchev–Trinajstić information content (AvgIpc) is 3.10. The van der Waals surface area contributed by atoms with Crippen molar-refractivity contribution in [3.05, 3.63) is 41.5 Å². The van der Waals surface area contributed by atoms with E-state index in [1.54, 1.807) is 6.07 Å². The van der Waals surface area contributed by atoms with Gasteiger partial charge in [0.15, 0.2) is 0 Å². The highest BCUT2D eigenvalue weighted by atomic mass is 19.1. The molecule has 0 aliphatic carbocycles. The van der Waals surface area contributed by atoms with E-state index in [1.165, 1.54) is 12.5 Å². The zero-order valence-electron chi connectivity index (χ0n) is 12.6. The van der Waals surface area contributed by atoms with Gasteiger partial charge in [-0.1, -0.05) is 6.07 Å². The Hall–Kier alpha value is -1.82. The quantitative estimate of drug-likeness (QED) is 0.815. The number of piperidine rings is 1. The Morgan fingerprint density at radius 1 is 1.18 bits per heavy atom. The van der Waals surface area contributed by atoms with Crippen LogP contribution >= 0.6 is 0 Å². The van der Waals surface area contributed by atoms with Gasteiger partial charge in [-0.25, -0.2) is 4.98 Å². The third-order valence-electron chi connectivity index (χ3n) is 4.67. The van der Waals surface area contributed by atoms with Crippen molar-refractivity contribution in [2.75, 3.05) is 13.1 Å². The Morgan fingerprint density at radius 3 is 3.05 bits per heavy atom. The van der Waals surface area contributed by atoms with Gasteiger partial charge in [-0.05, 0) is 37.9 Å². The molecule has 2 aromatic heterocycles. The molecule has 116 valence electrons. The Kier molecular flexibility index (Phi) is 3.62. The number of nitrogens with zero attached hydrogens (tertiary/aromatic N) is 5. The minimum atomic E-state index is -0.402. The maximum absolute atomic E-state index is 13.2. The van der Waals surface area contributed by atoms with Gasteiger partial charge in [0, 0.05) is 32.0 Å². The molecule has 1 atom stereocenters. The van der Waals surface area contributed by atoms with E-state index in [1.807, 2.05) is 6.07 Å². The second kappa shape index (κ2) is 5.76. The fourth-order valence-electron chi connectivity index (χ4n) is 3.65. The molecule has 2 aliphatic heterocycles. The molecule has 0 spiro atoms. The molecule has 2 aliphatic rings. The topological polar surface area (TPSA) is 46.8 Å². The fourth-order valence-corrected chi connectivity index (χ4v) is 3.65. The number of aromatic nitrogens is 4. The van der Waals surface area contributed by atoms with Crippen molar-refractivity contribution in [3.8, 4) is 0 Å². The third-order valence-corrected chi connectivity index (χ3v) is 4.67. The number of hydrogen-bond acceptors (Lipinski definition) is 4. The lowest BCUT2D eigenvalue weighted by molar-refractivity contribution is 0.192. The molecule has 1 saturated heterocycles. The molecule has 22 heavy (non-hydrogen) atoms. The number of fused-ring (bicyclic) bond motifs is 1. The summed E-state index contributed by atoms with van der Waals surface area (Å²) in [4.78, 5) is 6.33. The van der Waals surface area contributed by atoms with Crippen molar-refractivity contribution in [3.63, 3.8) is 0 Å². The first-order valence-corrected chi connectivity index (χ1v) is 8.05. The van der Waals surface area contributed by atoms with Crippen LogP contribution in [0.1, 0.15) is 42.5 Å². The van der Waals surface area contributed by atoms with Crippen molar-refractivity contribution < 1.29 is 4.39 Å². The Morgan fingerprint density at radius 2 is 2.14 bits per heavy atom. The zero-order valence-corrected chi connectivity index (χ0v) is 12.6. The molecule has 0 aromatic carbocycles. The highest BCUT2D eigenvalue weighted by Crippen LogP contribution is 2.28. The van der Waals surface area contributed by atoms with Gasteiger partial charge < -0.3 is 4.57 Å². The van der Waals surface area contributed by atoms with Gasteiger partial charge in [-0.3, -0.25) is 4.90 Å². The summed E-state index contributed by atoms with van der Waals surface area (Å²) in [5.41, 5.74) is 0.798. The van der Waals surface area contributed by atoms with Gasteiger partial charge in [0.25, 0.3) is 0 Å². The lowest BCUT2D eigenvalue weighted by Crippen LogP contribution is -2.35. The normalized spacial score (nSPS) is 22.0. The maximum Gasteiger partial charge on any atom is 0.213 e. The Balaban J connectivity index is 1.47. The second-order valence-corrected chi connectivity index (χ2v) is 6.26. The van der Waals surface area contributed by atoms with E-state index < -0.39 is 5.95 Å². The van der Waals surface area contributed by atoms with Crippen molar-refractivity contribution in [1.82, 2.24) is 24.6 Å². The predicted molar refractivity (Wildman–Crippen MR) is 79.8 cm³/mol. The molecule has 0 radical (unpaired) electrons. The molecule has 0 unspecified atom stereocenters. The van der Waals surface area contributed by atoms with Gasteiger partial charge in [-0.15, -0.1) is 10.2 Å². The van der Waals surface area contributed by atoms with Crippen molar-refractivity contribution in [2.24, 2.45) is 0 Å². The van der Waals surface area contributed by atoms with Crippen molar-refractivity contribution >= 4 is 0 Å². The number of pyridine rings is 1. The molecular formula is C16H20FN5. The van der Waals surface area contributed by atoms with Gasteiger partial charge in [0.05, 0.1) is 5.69 Å². The minimum Gasteiger partial charge on any atom is -0.315 e. The monoisotopic (exact) mass is 301 g/mol. The van der Waals surface area contributed by atoms with Crippen LogP contribution < -0.4 is 0 Å². The van der Waals surface area contributed by atoms with E-state index in [2.05, 4.69) is 24.6 Å². The summed E-state index contributed by atoms with van der Waals surface area (Å²) in [6.45, 7) is 3.75. The molecule has 0 saturated carbocycles. The second-order valence-electron chi connectivity index (χ2n) is 6.26. The fraction of sp³-hybridized carbons (Fsp3) is 0.562. The van der Waals surface area contributed by atoms with E-state index in [4.69, 9.17) is 0 Å². The van der Waals surface area contributed by atoms with E-state index in [0.29, 0.717) is 12.5 Å². The standard InChI is InChI=1S/C16H20FN5/c17-14-6-1-5-13(18-14)11-21-8-2-4-12(10-21)16-20-19-15-7-3-9-22(15)16/h1,5-6,12H,2-4,7-11H2/t12-/m1/s1. The molecule has 0 amide bonds. The summed E-state index contributed by atoms with van der Waals surface area (Å²) < 4.78 is 15.5. The summed E-state index contributed by atoms with van der Waals surface area (Å²) in [6.07, 6.45) is 4.53. The average molecular weight is 301 g/mol. The van der Waals surface area contributed by atoms with Crippen LogP contribution in [0.15, 0.2) is 18.2 Å². The first-order chi connectivity index (χ1) is 10.8. The number of likely N-dealkylation sites (tertiary alicyclic amines) is 1. The molecule has 5 nitrogen and oxygen atoms in total. The number of rotatable bonds is 3. The van der Waals surface area contributed by atoms with E-state index >= 15 is 0 Å². The summed E-state index contributed by atoms with van der Waals surface area (Å²) in [5, 5.41) is 8.75. The first-order valence-electron chi connectivity index (χ1n) is 8.05. The van der Waals surface area contributed by atoms with Gasteiger partial charge in [0.2, 0.25) is 5.95 Å². The first kappa shape index (κ1) is 13.8. The van der Waals surface area contributed by atoms with Gasteiger partial charge in [-0.2, -0.15) is 4.39 Å². The largest absolute Gasteiger partial charge is 0.315 e. The minimum absolute atomic E-state index is 0.402. The zero-order chi connectivity index (χ0) is 14.9. The Labute approximate surface area is 129 Å². The highest BCUT2D eigenvalue weighted by molar-refractivity contribution is 5.09. The summed E-state index contributed by atoms with van der Waals surface area (Å²) in [5.74, 6) is 2.31. The van der Waals surface area contributed by atoms with E-state index in [-0.39, 0.29) is 0 Å². The molecule has 1 fully saturated rings. The van der Waals surface area contributed by atoms with Gasteiger partial charge in [0.1, 0.15) is 11.6 Å².